The summed E-state index contributed by atoms with van der Waals surface area (Å²) in [4.78, 5) is 9.09. The van der Waals surface area contributed by atoms with Gasteiger partial charge in [0.2, 0.25) is 0 Å². The van der Waals surface area contributed by atoms with Gasteiger partial charge in [0.25, 0.3) is 0 Å². The predicted octanol–water partition coefficient (Wildman–Crippen LogP) is 3.78. The standard InChI is InChI=1S/C17H23N3O/c1-9(2)17-19-14(12(5)16(18)20-17)13-8-7-10(3)11(4)15(13)21-6/h7-9H,1-6H3,(H2,18,19,20). The average Bonchev–Trinajstić information content (AvgIpc) is 2.44. The molecule has 2 aromatic rings. The first-order valence-electron chi connectivity index (χ1n) is 7.15. The van der Waals surface area contributed by atoms with Crippen molar-refractivity contribution in [2.24, 2.45) is 0 Å². The first-order valence-corrected chi connectivity index (χ1v) is 7.15. The highest BCUT2D eigenvalue weighted by Crippen LogP contribution is 2.36. The van der Waals surface area contributed by atoms with E-state index >= 15 is 0 Å². The third-order valence-electron chi connectivity index (χ3n) is 3.85. The van der Waals surface area contributed by atoms with E-state index in [-0.39, 0.29) is 5.92 Å². The molecule has 1 aromatic carbocycles. The van der Waals surface area contributed by atoms with E-state index in [0.29, 0.717) is 5.82 Å². The van der Waals surface area contributed by atoms with E-state index < -0.39 is 0 Å². The zero-order valence-corrected chi connectivity index (χ0v) is 13.6. The van der Waals surface area contributed by atoms with Gasteiger partial charge >= 0.3 is 0 Å². The second kappa shape index (κ2) is 5.72. The van der Waals surface area contributed by atoms with E-state index in [0.717, 1.165) is 34.0 Å². The van der Waals surface area contributed by atoms with Gasteiger partial charge < -0.3 is 10.5 Å². The van der Waals surface area contributed by atoms with E-state index in [1.807, 2.05) is 13.0 Å². The highest BCUT2D eigenvalue weighted by molar-refractivity contribution is 5.75. The number of nitrogens with two attached hydrogens (primary N) is 1. The van der Waals surface area contributed by atoms with Crippen molar-refractivity contribution in [2.45, 2.75) is 40.5 Å². The lowest BCUT2D eigenvalue weighted by Gasteiger charge is -2.17. The summed E-state index contributed by atoms with van der Waals surface area (Å²) in [5.74, 6) is 2.37. The minimum atomic E-state index is 0.226. The monoisotopic (exact) mass is 285 g/mol. The molecule has 0 atom stereocenters. The Morgan fingerprint density at radius 2 is 1.71 bits per heavy atom. The number of aromatic nitrogens is 2. The summed E-state index contributed by atoms with van der Waals surface area (Å²) in [5, 5.41) is 0. The number of hydrogen-bond donors (Lipinski definition) is 1. The Labute approximate surface area is 126 Å². The van der Waals surface area contributed by atoms with E-state index in [1.54, 1.807) is 7.11 Å². The van der Waals surface area contributed by atoms with Gasteiger partial charge in [-0.05, 0) is 38.0 Å². The Kier molecular flexibility index (Phi) is 4.16. The number of hydrogen-bond acceptors (Lipinski definition) is 4. The number of anilines is 1. The Morgan fingerprint density at radius 1 is 1.05 bits per heavy atom. The third-order valence-corrected chi connectivity index (χ3v) is 3.85. The van der Waals surface area contributed by atoms with Crippen LogP contribution in [0.5, 0.6) is 5.75 Å². The summed E-state index contributed by atoms with van der Waals surface area (Å²) < 4.78 is 5.61. The molecule has 0 fully saturated rings. The normalized spacial score (nSPS) is 11.0. The van der Waals surface area contributed by atoms with Crippen molar-refractivity contribution in [3.63, 3.8) is 0 Å². The van der Waals surface area contributed by atoms with Gasteiger partial charge in [-0.3, -0.25) is 0 Å². The smallest absolute Gasteiger partial charge is 0.133 e. The molecule has 0 saturated heterocycles. The maximum absolute atomic E-state index is 6.06. The SMILES string of the molecule is COc1c(-c2nc(C(C)C)nc(N)c2C)ccc(C)c1C. The number of nitrogens with zero attached hydrogens (tertiary/aromatic N) is 2. The van der Waals surface area contributed by atoms with Crippen molar-refractivity contribution >= 4 is 5.82 Å². The lowest BCUT2D eigenvalue weighted by atomic mass is 9.99. The molecule has 2 N–H and O–H groups in total. The fourth-order valence-corrected chi connectivity index (χ4v) is 2.31. The van der Waals surface area contributed by atoms with Crippen LogP contribution in [0.2, 0.25) is 0 Å². The molecule has 112 valence electrons. The van der Waals surface area contributed by atoms with Crippen LogP contribution in [0.1, 0.15) is 42.3 Å². The van der Waals surface area contributed by atoms with Crippen molar-refractivity contribution < 1.29 is 4.74 Å². The van der Waals surface area contributed by atoms with Gasteiger partial charge in [0.15, 0.2) is 0 Å². The molecule has 0 amide bonds. The Morgan fingerprint density at radius 3 is 2.29 bits per heavy atom. The van der Waals surface area contributed by atoms with E-state index in [4.69, 9.17) is 15.5 Å². The maximum Gasteiger partial charge on any atom is 0.133 e. The summed E-state index contributed by atoms with van der Waals surface area (Å²) in [6.45, 7) is 10.2. The quantitative estimate of drug-likeness (QED) is 0.932. The summed E-state index contributed by atoms with van der Waals surface area (Å²) in [6, 6.07) is 4.13. The molecular formula is C17H23N3O. The second-order valence-corrected chi connectivity index (χ2v) is 5.68. The largest absolute Gasteiger partial charge is 0.496 e. The lowest BCUT2D eigenvalue weighted by Crippen LogP contribution is -2.07. The van der Waals surface area contributed by atoms with Gasteiger partial charge in [-0.1, -0.05) is 19.9 Å². The zero-order valence-electron chi connectivity index (χ0n) is 13.6. The van der Waals surface area contributed by atoms with Crippen LogP contribution in [0.25, 0.3) is 11.3 Å². The van der Waals surface area contributed by atoms with Gasteiger partial charge in [-0.2, -0.15) is 0 Å². The number of rotatable bonds is 3. The van der Waals surface area contributed by atoms with Crippen molar-refractivity contribution in [1.29, 1.82) is 0 Å². The molecule has 4 nitrogen and oxygen atoms in total. The molecule has 0 unspecified atom stereocenters. The van der Waals surface area contributed by atoms with Crippen LogP contribution in [-0.4, -0.2) is 17.1 Å². The van der Waals surface area contributed by atoms with Crippen molar-refractivity contribution in [2.75, 3.05) is 12.8 Å². The van der Waals surface area contributed by atoms with Crippen molar-refractivity contribution in [3.05, 3.63) is 34.6 Å². The third kappa shape index (κ3) is 2.71. The van der Waals surface area contributed by atoms with Crippen LogP contribution in [-0.2, 0) is 0 Å². The van der Waals surface area contributed by atoms with Crippen LogP contribution in [0.4, 0.5) is 5.82 Å². The Balaban J connectivity index is 2.75. The molecule has 0 spiro atoms. The summed E-state index contributed by atoms with van der Waals surface area (Å²) in [5.41, 5.74) is 11.1. The number of aryl methyl sites for hydroxylation is 1. The fourth-order valence-electron chi connectivity index (χ4n) is 2.31. The predicted molar refractivity (Wildman–Crippen MR) is 86.7 cm³/mol. The van der Waals surface area contributed by atoms with Gasteiger partial charge in [-0.25, -0.2) is 9.97 Å². The van der Waals surface area contributed by atoms with E-state index in [9.17, 15) is 0 Å². The summed E-state index contributed by atoms with van der Waals surface area (Å²) >= 11 is 0. The molecule has 0 aliphatic carbocycles. The molecule has 0 aliphatic heterocycles. The number of ether oxygens (including phenoxy) is 1. The van der Waals surface area contributed by atoms with Crippen LogP contribution in [0, 0.1) is 20.8 Å². The number of benzene rings is 1. The van der Waals surface area contributed by atoms with E-state index in [2.05, 4.69) is 38.7 Å². The summed E-state index contributed by atoms with van der Waals surface area (Å²) in [6.07, 6.45) is 0. The van der Waals surface area contributed by atoms with Gasteiger partial charge in [0.1, 0.15) is 17.4 Å². The molecule has 0 radical (unpaired) electrons. The first kappa shape index (κ1) is 15.3. The van der Waals surface area contributed by atoms with Crippen LogP contribution in [0.15, 0.2) is 12.1 Å². The molecular weight excluding hydrogens is 262 g/mol. The van der Waals surface area contributed by atoms with Crippen molar-refractivity contribution in [1.82, 2.24) is 9.97 Å². The zero-order chi connectivity index (χ0) is 15.7. The molecule has 2 rings (SSSR count). The Hall–Kier alpha value is -2.10. The molecule has 1 heterocycles. The minimum Gasteiger partial charge on any atom is -0.496 e. The summed E-state index contributed by atoms with van der Waals surface area (Å²) in [7, 11) is 1.69. The topological polar surface area (TPSA) is 61.0 Å². The first-order chi connectivity index (χ1) is 9.86. The fraction of sp³-hybridized carbons (Fsp3) is 0.412. The van der Waals surface area contributed by atoms with Gasteiger partial charge in [0, 0.05) is 17.0 Å². The van der Waals surface area contributed by atoms with Gasteiger partial charge in [0.05, 0.1) is 12.8 Å². The highest BCUT2D eigenvalue weighted by Gasteiger charge is 2.17. The number of methoxy groups -OCH3 is 1. The number of nitrogen functional groups attached to an aromatic ring is 1. The molecule has 0 bridgehead atoms. The molecule has 1 aromatic heterocycles. The van der Waals surface area contributed by atoms with Gasteiger partial charge in [-0.15, -0.1) is 0 Å². The second-order valence-electron chi connectivity index (χ2n) is 5.68. The van der Waals surface area contributed by atoms with Crippen LogP contribution in [0.3, 0.4) is 0 Å². The Bertz CT molecular complexity index is 678. The average molecular weight is 285 g/mol. The lowest BCUT2D eigenvalue weighted by molar-refractivity contribution is 0.413. The highest BCUT2D eigenvalue weighted by atomic mass is 16.5. The molecule has 0 aliphatic rings. The maximum atomic E-state index is 6.06. The van der Waals surface area contributed by atoms with E-state index in [1.165, 1.54) is 5.56 Å². The molecule has 0 saturated carbocycles. The van der Waals surface area contributed by atoms with Crippen molar-refractivity contribution in [3.8, 4) is 17.0 Å². The minimum absolute atomic E-state index is 0.226. The van der Waals surface area contributed by atoms with Crippen LogP contribution >= 0.6 is 0 Å². The molecule has 21 heavy (non-hydrogen) atoms. The van der Waals surface area contributed by atoms with Crippen LogP contribution < -0.4 is 10.5 Å². The molecule has 4 heteroatoms.